The van der Waals surface area contributed by atoms with Gasteiger partial charge < -0.3 is 19.1 Å². The fourth-order valence-corrected chi connectivity index (χ4v) is 3.03. The molecule has 0 saturated carbocycles. The summed E-state index contributed by atoms with van der Waals surface area (Å²) in [6, 6.07) is 2.35. The van der Waals surface area contributed by atoms with E-state index in [0.717, 1.165) is 38.4 Å². The van der Waals surface area contributed by atoms with Crippen molar-refractivity contribution in [2.24, 2.45) is 0 Å². The molecule has 4 nitrogen and oxygen atoms in total. The van der Waals surface area contributed by atoms with Gasteiger partial charge in [0.2, 0.25) is 0 Å². The maximum absolute atomic E-state index is 14.1. The van der Waals surface area contributed by atoms with E-state index in [1.54, 1.807) is 0 Å². The van der Waals surface area contributed by atoms with Gasteiger partial charge in [-0.3, -0.25) is 0 Å². The summed E-state index contributed by atoms with van der Waals surface area (Å²) in [6.07, 6.45) is 2.94. The zero-order valence-corrected chi connectivity index (χ0v) is 13.6. The second-order valence-electron chi connectivity index (χ2n) is 6.54. The van der Waals surface area contributed by atoms with Crippen molar-refractivity contribution >= 4 is 5.69 Å². The van der Waals surface area contributed by atoms with E-state index >= 15 is 0 Å². The molecule has 6 heteroatoms. The van der Waals surface area contributed by atoms with Gasteiger partial charge >= 0.3 is 0 Å². The number of nitrogens with zero attached hydrogens (tertiary/aromatic N) is 1. The Morgan fingerprint density at radius 2 is 1.91 bits per heavy atom. The summed E-state index contributed by atoms with van der Waals surface area (Å²) in [6.45, 7) is 5.78. The van der Waals surface area contributed by atoms with Gasteiger partial charge in [-0.1, -0.05) is 0 Å². The highest BCUT2D eigenvalue weighted by Crippen LogP contribution is 2.31. The van der Waals surface area contributed by atoms with Crippen molar-refractivity contribution in [3.63, 3.8) is 0 Å². The number of halogens is 2. The second-order valence-corrected chi connectivity index (χ2v) is 6.54. The van der Waals surface area contributed by atoms with Gasteiger partial charge in [0.15, 0.2) is 17.4 Å². The molecule has 0 aromatic heterocycles. The van der Waals surface area contributed by atoms with Crippen LogP contribution in [0.1, 0.15) is 33.1 Å². The van der Waals surface area contributed by atoms with Crippen LogP contribution in [-0.4, -0.2) is 38.2 Å². The van der Waals surface area contributed by atoms with Crippen molar-refractivity contribution in [2.45, 2.75) is 45.0 Å². The van der Waals surface area contributed by atoms with E-state index in [-0.39, 0.29) is 18.5 Å². The van der Waals surface area contributed by atoms with Gasteiger partial charge in [0, 0.05) is 25.2 Å². The van der Waals surface area contributed by atoms with Crippen molar-refractivity contribution in [1.29, 1.82) is 0 Å². The maximum atomic E-state index is 14.1. The van der Waals surface area contributed by atoms with E-state index in [1.807, 2.05) is 18.7 Å². The van der Waals surface area contributed by atoms with Gasteiger partial charge in [-0.2, -0.15) is 0 Å². The molecule has 2 fully saturated rings. The minimum absolute atomic E-state index is 0.0558. The number of anilines is 1. The Balaban J connectivity index is 1.69. The van der Waals surface area contributed by atoms with E-state index in [4.69, 9.17) is 14.2 Å². The third-order valence-corrected chi connectivity index (χ3v) is 4.19. The summed E-state index contributed by atoms with van der Waals surface area (Å²) in [5.41, 5.74) is 0.407. The summed E-state index contributed by atoms with van der Waals surface area (Å²) in [5.74, 6) is -1.83. The molecule has 1 aromatic rings. The van der Waals surface area contributed by atoms with Gasteiger partial charge in [-0.25, -0.2) is 8.78 Å². The van der Waals surface area contributed by atoms with Crippen LogP contribution in [0.5, 0.6) is 5.75 Å². The van der Waals surface area contributed by atoms with Gasteiger partial charge in [-0.15, -0.1) is 0 Å². The standard InChI is InChI=1S/C17H23F2NO3/c1-17(2)22-11-12(23-17)10-21-16-9-15(13(18)8-14(16)19)20-6-4-3-5-7-20/h8-9,12H,3-7,10-11H2,1-2H3/t12-/m0/s1. The van der Waals surface area contributed by atoms with Crippen LogP contribution >= 0.6 is 0 Å². The number of rotatable bonds is 4. The molecule has 0 bridgehead atoms. The number of piperidine rings is 1. The van der Waals surface area contributed by atoms with Crippen molar-refractivity contribution in [3.8, 4) is 5.75 Å². The van der Waals surface area contributed by atoms with Crippen LogP contribution in [0.2, 0.25) is 0 Å². The lowest BCUT2D eigenvalue weighted by Gasteiger charge is -2.29. The molecule has 0 N–H and O–H groups in total. The lowest BCUT2D eigenvalue weighted by molar-refractivity contribution is -0.141. The molecule has 2 aliphatic rings. The second kappa shape index (κ2) is 6.61. The Morgan fingerprint density at radius 3 is 2.57 bits per heavy atom. The van der Waals surface area contributed by atoms with E-state index in [9.17, 15) is 8.78 Å². The molecule has 3 rings (SSSR count). The van der Waals surface area contributed by atoms with Crippen LogP contribution in [0.4, 0.5) is 14.5 Å². The summed E-state index contributed by atoms with van der Waals surface area (Å²) >= 11 is 0. The Bertz CT molecular complexity index is 559. The largest absolute Gasteiger partial charge is 0.488 e. The number of ether oxygens (including phenoxy) is 3. The minimum atomic E-state index is -0.693. The molecule has 1 aromatic carbocycles. The van der Waals surface area contributed by atoms with E-state index < -0.39 is 17.4 Å². The van der Waals surface area contributed by atoms with Gasteiger partial charge in [-0.05, 0) is 33.1 Å². The van der Waals surface area contributed by atoms with Crippen LogP contribution in [-0.2, 0) is 9.47 Å². The first-order valence-corrected chi connectivity index (χ1v) is 8.13. The Morgan fingerprint density at radius 1 is 1.17 bits per heavy atom. The fraction of sp³-hybridized carbons (Fsp3) is 0.647. The van der Waals surface area contributed by atoms with Crippen molar-refractivity contribution in [1.82, 2.24) is 0 Å². The lowest BCUT2D eigenvalue weighted by atomic mass is 10.1. The van der Waals surface area contributed by atoms with E-state index in [1.165, 1.54) is 6.07 Å². The van der Waals surface area contributed by atoms with E-state index in [2.05, 4.69) is 0 Å². The molecule has 2 aliphatic heterocycles. The van der Waals surface area contributed by atoms with Crippen LogP contribution < -0.4 is 9.64 Å². The topological polar surface area (TPSA) is 30.9 Å². The predicted octanol–water partition coefficient (Wildman–Crippen LogP) is 3.49. The van der Waals surface area contributed by atoms with Crippen molar-refractivity contribution < 1.29 is 23.0 Å². The number of hydrogen-bond acceptors (Lipinski definition) is 4. The monoisotopic (exact) mass is 327 g/mol. The summed E-state index contributed by atoms with van der Waals surface area (Å²) in [5, 5.41) is 0. The van der Waals surface area contributed by atoms with Crippen molar-refractivity contribution in [3.05, 3.63) is 23.8 Å². The number of hydrogen-bond donors (Lipinski definition) is 0. The molecular weight excluding hydrogens is 304 g/mol. The molecule has 0 spiro atoms. The molecule has 128 valence electrons. The van der Waals surface area contributed by atoms with Crippen LogP contribution in [0.25, 0.3) is 0 Å². The Hall–Kier alpha value is -1.40. The third kappa shape index (κ3) is 3.93. The Kier molecular flexibility index (Phi) is 4.73. The molecular formula is C17H23F2NO3. The summed E-state index contributed by atoms with van der Waals surface area (Å²) in [4.78, 5) is 1.95. The van der Waals surface area contributed by atoms with Crippen molar-refractivity contribution in [2.75, 3.05) is 31.2 Å². The van der Waals surface area contributed by atoms with Crippen LogP contribution in [0, 0.1) is 11.6 Å². The highest BCUT2D eigenvalue weighted by Gasteiger charge is 2.33. The molecule has 2 heterocycles. The molecule has 23 heavy (non-hydrogen) atoms. The highest BCUT2D eigenvalue weighted by molar-refractivity contribution is 5.53. The smallest absolute Gasteiger partial charge is 0.168 e. The zero-order chi connectivity index (χ0) is 16.4. The van der Waals surface area contributed by atoms with Crippen LogP contribution in [0.15, 0.2) is 12.1 Å². The average molecular weight is 327 g/mol. The molecule has 2 saturated heterocycles. The normalized spacial score (nSPS) is 24.0. The zero-order valence-electron chi connectivity index (χ0n) is 13.6. The fourth-order valence-electron chi connectivity index (χ4n) is 3.03. The predicted molar refractivity (Wildman–Crippen MR) is 82.8 cm³/mol. The average Bonchev–Trinajstić information content (AvgIpc) is 2.86. The van der Waals surface area contributed by atoms with Gasteiger partial charge in [0.25, 0.3) is 0 Å². The van der Waals surface area contributed by atoms with Crippen LogP contribution in [0.3, 0.4) is 0 Å². The first-order chi connectivity index (χ1) is 10.9. The number of benzene rings is 1. The quantitative estimate of drug-likeness (QED) is 0.847. The molecule has 0 aliphatic carbocycles. The maximum Gasteiger partial charge on any atom is 0.168 e. The highest BCUT2D eigenvalue weighted by atomic mass is 19.1. The SMILES string of the molecule is CC1(C)OC[C@H](COc2cc(N3CCCCC3)c(F)cc2F)O1. The molecule has 0 unspecified atom stereocenters. The Labute approximate surface area is 135 Å². The first kappa shape index (κ1) is 16.5. The van der Waals surface area contributed by atoms with Gasteiger partial charge in [0.05, 0.1) is 12.3 Å². The molecule has 1 atom stereocenters. The molecule has 0 amide bonds. The third-order valence-electron chi connectivity index (χ3n) is 4.19. The first-order valence-electron chi connectivity index (χ1n) is 8.13. The van der Waals surface area contributed by atoms with E-state index in [0.29, 0.717) is 12.3 Å². The van der Waals surface area contributed by atoms with Gasteiger partial charge in [0.1, 0.15) is 18.5 Å². The minimum Gasteiger partial charge on any atom is -0.488 e. The summed E-state index contributed by atoms with van der Waals surface area (Å²) in [7, 11) is 0. The lowest BCUT2D eigenvalue weighted by Crippen LogP contribution is -2.30. The summed E-state index contributed by atoms with van der Waals surface area (Å²) < 4.78 is 44.6. The molecule has 0 radical (unpaired) electrons.